The van der Waals surface area contributed by atoms with Crippen molar-refractivity contribution in [3.05, 3.63) is 40.3 Å². The number of aryl methyl sites for hydroxylation is 1. The molecule has 1 aliphatic heterocycles. The van der Waals surface area contributed by atoms with Crippen molar-refractivity contribution < 1.29 is 4.92 Å². The van der Waals surface area contributed by atoms with E-state index in [2.05, 4.69) is 27.2 Å². The molecule has 0 bridgehead atoms. The van der Waals surface area contributed by atoms with Gasteiger partial charge in [0, 0.05) is 19.3 Å². The Morgan fingerprint density at radius 2 is 2.04 bits per heavy atom. The summed E-state index contributed by atoms with van der Waals surface area (Å²) in [6.07, 6.45) is 5.02. The maximum absolute atomic E-state index is 11.6. The second-order valence-corrected chi connectivity index (χ2v) is 6.16. The van der Waals surface area contributed by atoms with Crippen molar-refractivity contribution in [1.29, 1.82) is 0 Å². The van der Waals surface area contributed by atoms with Crippen molar-refractivity contribution in [2.75, 3.05) is 23.3 Å². The van der Waals surface area contributed by atoms with E-state index in [1.165, 1.54) is 6.33 Å². The number of nitrogens with zero attached hydrogens (tertiary/aromatic N) is 5. The normalized spacial score (nSPS) is 15.3. The Labute approximate surface area is 140 Å². The van der Waals surface area contributed by atoms with Gasteiger partial charge in [0.2, 0.25) is 11.6 Å². The molecule has 0 radical (unpaired) electrons. The lowest BCUT2D eigenvalue weighted by atomic mass is 9.99. The first-order chi connectivity index (χ1) is 11.5. The van der Waals surface area contributed by atoms with Crippen LogP contribution in [0.1, 0.15) is 25.3 Å². The fourth-order valence-electron chi connectivity index (χ4n) is 2.81. The SMILES string of the molecule is Cc1ccnc(Nc2ncnc(N3CCC(C)CC3)c2[N+](=O)[O-])c1. The number of piperidine rings is 1. The van der Waals surface area contributed by atoms with Gasteiger partial charge in [-0.1, -0.05) is 6.92 Å². The summed E-state index contributed by atoms with van der Waals surface area (Å²) in [6, 6.07) is 3.67. The van der Waals surface area contributed by atoms with E-state index in [4.69, 9.17) is 0 Å². The van der Waals surface area contributed by atoms with Crippen LogP contribution in [0.15, 0.2) is 24.7 Å². The molecule has 126 valence electrons. The third-order valence-electron chi connectivity index (χ3n) is 4.23. The number of rotatable bonds is 4. The first-order valence-corrected chi connectivity index (χ1v) is 7.98. The predicted octanol–water partition coefficient (Wildman–Crippen LogP) is 3.07. The molecule has 1 fully saturated rings. The monoisotopic (exact) mass is 328 g/mol. The summed E-state index contributed by atoms with van der Waals surface area (Å²) in [7, 11) is 0. The van der Waals surface area contributed by atoms with Crippen molar-refractivity contribution in [2.24, 2.45) is 5.92 Å². The number of aromatic nitrogens is 3. The number of hydrogen-bond acceptors (Lipinski definition) is 7. The molecule has 0 atom stereocenters. The van der Waals surface area contributed by atoms with E-state index in [9.17, 15) is 10.1 Å². The van der Waals surface area contributed by atoms with E-state index in [1.807, 2.05) is 24.0 Å². The lowest BCUT2D eigenvalue weighted by Gasteiger charge is -2.30. The van der Waals surface area contributed by atoms with Gasteiger partial charge in [-0.25, -0.2) is 15.0 Å². The highest BCUT2D eigenvalue weighted by atomic mass is 16.6. The van der Waals surface area contributed by atoms with Crippen molar-refractivity contribution in [2.45, 2.75) is 26.7 Å². The predicted molar refractivity (Wildman–Crippen MR) is 91.6 cm³/mol. The number of anilines is 3. The third-order valence-corrected chi connectivity index (χ3v) is 4.23. The van der Waals surface area contributed by atoms with Crippen LogP contribution in [0, 0.1) is 23.0 Å². The molecular formula is C16H20N6O2. The van der Waals surface area contributed by atoms with Gasteiger partial charge >= 0.3 is 5.69 Å². The summed E-state index contributed by atoms with van der Waals surface area (Å²) >= 11 is 0. The Balaban J connectivity index is 1.95. The molecule has 2 aromatic rings. The first kappa shape index (κ1) is 16.1. The average molecular weight is 328 g/mol. The zero-order chi connectivity index (χ0) is 17.1. The maximum atomic E-state index is 11.6. The van der Waals surface area contributed by atoms with Crippen molar-refractivity contribution in [3.63, 3.8) is 0 Å². The largest absolute Gasteiger partial charge is 0.353 e. The average Bonchev–Trinajstić information content (AvgIpc) is 2.55. The standard InChI is InChI=1S/C16H20N6O2/c1-11-4-7-21(8-5-11)16-14(22(23)24)15(18-10-19-16)20-13-9-12(2)3-6-17-13/h3,6,9-11H,4-5,7-8H2,1-2H3,(H,17,18,19,20). The summed E-state index contributed by atoms with van der Waals surface area (Å²) in [4.78, 5) is 25.6. The molecule has 0 aliphatic carbocycles. The van der Waals surface area contributed by atoms with Crippen LogP contribution in [0.5, 0.6) is 0 Å². The molecule has 0 spiro atoms. The number of nitro groups is 1. The van der Waals surface area contributed by atoms with Crippen LogP contribution in [0.25, 0.3) is 0 Å². The van der Waals surface area contributed by atoms with E-state index < -0.39 is 4.92 Å². The molecule has 3 heterocycles. The molecule has 2 aromatic heterocycles. The highest BCUT2D eigenvalue weighted by molar-refractivity contribution is 5.73. The minimum Gasteiger partial charge on any atom is -0.351 e. The van der Waals surface area contributed by atoms with Gasteiger partial charge in [-0.15, -0.1) is 0 Å². The van der Waals surface area contributed by atoms with Crippen molar-refractivity contribution >= 4 is 23.1 Å². The van der Waals surface area contributed by atoms with Crippen LogP contribution in [0.2, 0.25) is 0 Å². The molecule has 0 aromatic carbocycles. The third kappa shape index (κ3) is 3.42. The van der Waals surface area contributed by atoms with Crippen LogP contribution in [0.4, 0.5) is 23.1 Å². The number of pyridine rings is 1. The zero-order valence-electron chi connectivity index (χ0n) is 13.8. The summed E-state index contributed by atoms with van der Waals surface area (Å²) < 4.78 is 0. The van der Waals surface area contributed by atoms with Gasteiger partial charge in [0.05, 0.1) is 4.92 Å². The smallest absolute Gasteiger partial charge is 0.351 e. The lowest BCUT2D eigenvalue weighted by molar-refractivity contribution is -0.383. The van der Waals surface area contributed by atoms with E-state index in [0.29, 0.717) is 17.6 Å². The minimum absolute atomic E-state index is 0.102. The second kappa shape index (κ2) is 6.77. The summed E-state index contributed by atoms with van der Waals surface area (Å²) in [5, 5.41) is 14.6. The molecule has 24 heavy (non-hydrogen) atoms. The molecule has 8 heteroatoms. The van der Waals surface area contributed by atoms with Gasteiger partial charge in [-0.3, -0.25) is 10.1 Å². The molecule has 0 unspecified atom stereocenters. The van der Waals surface area contributed by atoms with Crippen LogP contribution >= 0.6 is 0 Å². The highest BCUT2D eigenvalue weighted by Crippen LogP contribution is 2.35. The summed E-state index contributed by atoms with van der Waals surface area (Å²) in [6.45, 7) is 5.66. The van der Waals surface area contributed by atoms with E-state index in [1.54, 1.807) is 6.20 Å². The molecule has 0 saturated carbocycles. The molecule has 8 nitrogen and oxygen atoms in total. The van der Waals surface area contributed by atoms with Crippen molar-refractivity contribution in [3.8, 4) is 0 Å². The molecule has 1 N–H and O–H groups in total. The Morgan fingerprint density at radius 3 is 2.71 bits per heavy atom. The van der Waals surface area contributed by atoms with Gasteiger partial charge in [-0.05, 0) is 43.4 Å². The second-order valence-electron chi connectivity index (χ2n) is 6.16. The Bertz CT molecular complexity index is 743. The van der Waals surface area contributed by atoms with Crippen molar-refractivity contribution in [1.82, 2.24) is 15.0 Å². The fraction of sp³-hybridized carbons (Fsp3) is 0.438. The Kier molecular flexibility index (Phi) is 4.54. The Hall–Kier alpha value is -2.77. The zero-order valence-corrected chi connectivity index (χ0v) is 13.8. The maximum Gasteiger partial charge on any atom is 0.353 e. The molecule has 3 rings (SSSR count). The highest BCUT2D eigenvalue weighted by Gasteiger charge is 2.29. The summed E-state index contributed by atoms with van der Waals surface area (Å²) in [5.74, 6) is 1.70. The quantitative estimate of drug-likeness (QED) is 0.680. The topological polar surface area (TPSA) is 97.1 Å². The lowest BCUT2D eigenvalue weighted by Crippen LogP contribution is -2.34. The molecule has 1 aliphatic rings. The van der Waals surface area contributed by atoms with Gasteiger partial charge in [0.15, 0.2) is 0 Å². The van der Waals surface area contributed by atoms with Crippen LogP contribution in [0.3, 0.4) is 0 Å². The minimum atomic E-state index is -0.425. The number of nitrogens with one attached hydrogen (secondary N) is 1. The Morgan fingerprint density at radius 1 is 1.29 bits per heavy atom. The molecule has 1 saturated heterocycles. The van der Waals surface area contributed by atoms with E-state index >= 15 is 0 Å². The van der Waals surface area contributed by atoms with Crippen LogP contribution in [-0.4, -0.2) is 33.0 Å². The van der Waals surface area contributed by atoms with Gasteiger partial charge in [0.25, 0.3) is 0 Å². The number of hydrogen-bond donors (Lipinski definition) is 1. The first-order valence-electron chi connectivity index (χ1n) is 7.98. The fourth-order valence-corrected chi connectivity index (χ4v) is 2.81. The van der Waals surface area contributed by atoms with Crippen LogP contribution in [-0.2, 0) is 0 Å². The van der Waals surface area contributed by atoms with Gasteiger partial charge < -0.3 is 10.2 Å². The van der Waals surface area contributed by atoms with Gasteiger partial charge in [0.1, 0.15) is 12.1 Å². The summed E-state index contributed by atoms with van der Waals surface area (Å²) in [5.41, 5.74) is 0.907. The molecule has 0 amide bonds. The van der Waals surface area contributed by atoms with Gasteiger partial charge in [-0.2, -0.15) is 0 Å². The van der Waals surface area contributed by atoms with Crippen LogP contribution < -0.4 is 10.2 Å². The molecular weight excluding hydrogens is 308 g/mol. The van der Waals surface area contributed by atoms with E-state index in [0.717, 1.165) is 31.5 Å². The van der Waals surface area contributed by atoms with E-state index in [-0.39, 0.29) is 11.5 Å².